The van der Waals surface area contributed by atoms with Crippen LogP contribution in [0.25, 0.3) is 11.4 Å². The minimum atomic E-state index is -3.59. The van der Waals surface area contributed by atoms with Crippen molar-refractivity contribution in [2.24, 2.45) is 0 Å². The highest BCUT2D eigenvalue weighted by molar-refractivity contribution is 7.89. The van der Waals surface area contributed by atoms with Crippen molar-refractivity contribution >= 4 is 10.0 Å². The molecule has 0 saturated heterocycles. The quantitative estimate of drug-likeness (QED) is 0.780. The zero-order valence-corrected chi connectivity index (χ0v) is 16.3. The molecule has 1 aromatic carbocycles. The normalized spacial score (nSPS) is 12.6. The van der Waals surface area contributed by atoms with Crippen molar-refractivity contribution in [1.82, 2.24) is 14.4 Å². The Bertz CT molecular complexity index is 834. The van der Waals surface area contributed by atoms with Crippen molar-refractivity contribution in [3.8, 4) is 17.1 Å². The molecular formula is C17H25N3O4S. The van der Waals surface area contributed by atoms with E-state index in [0.29, 0.717) is 36.1 Å². The van der Waals surface area contributed by atoms with Gasteiger partial charge in [0.1, 0.15) is 5.75 Å². The van der Waals surface area contributed by atoms with Crippen molar-refractivity contribution in [1.29, 1.82) is 0 Å². The Morgan fingerprint density at radius 2 is 1.84 bits per heavy atom. The number of sulfonamides is 1. The molecule has 0 amide bonds. The van der Waals surface area contributed by atoms with Gasteiger partial charge in [-0.2, -0.15) is 9.29 Å². The molecule has 0 saturated carbocycles. The third-order valence-electron chi connectivity index (χ3n) is 3.82. The summed E-state index contributed by atoms with van der Waals surface area (Å²) in [6.45, 7) is 10.3. The molecule has 138 valence electrons. The summed E-state index contributed by atoms with van der Waals surface area (Å²) in [5, 5.41) is 4.00. The Labute approximate surface area is 149 Å². The van der Waals surface area contributed by atoms with Crippen molar-refractivity contribution in [3.63, 3.8) is 0 Å². The first kappa shape index (κ1) is 19.4. The highest BCUT2D eigenvalue weighted by atomic mass is 32.2. The van der Waals surface area contributed by atoms with Crippen LogP contribution >= 0.6 is 0 Å². The van der Waals surface area contributed by atoms with Crippen LogP contribution in [0.1, 0.15) is 40.5 Å². The van der Waals surface area contributed by atoms with Gasteiger partial charge >= 0.3 is 0 Å². The van der Waals surface area contributed by atoms with E-state index in [1.165, 1.54) is 23.5 Å². The van der Waals surface area contributed by atoms with Gasteiger partial charge < -0.3 is 9.26 Å². The average Bonchev–Trinajstić information content (AvgIpc) is 3.05. The molecule has 25 heavy (non-hydrogen) atoms. The van der Waals surface area contributed by atoms with Crippen LogP contribution in [-0.4, -0.2) is 43.1 Å². The monoisotopic (exact) mass is 367 g/mol. The predicted octanol–water partition coefficient (Wildman–Crippen LogP) is 3.07. The largest absolute Gasteiger partial charge is 0.496 e. The Balaban J connectivity index is 2.57. The number of hydrogen-bond acceptors (Lipinski definition) is 6. The molecule has 8 heteroatoms. The minimum absolute atomic E-state index is 0.175. The smallest absolute Gasteiger partial charge is 0.243 e. The third kappa shape index (κ3) is 3.85. The Morgan fingerprint density at radius 3 is 2.32 bits per heavy atom. The number of ether oxygens (including phenoxy) is 1. The van der Waals surface area contributed by atoms with E-state index in [-0.39, 0.29) is 10.3 Å². The lowest BCUT2D eigenvalue weighted by atomic mass is 9.97. The van der Waals surface area contributed by atoms with Gasteiger partial charge in [-0.3, -0.25) is 0 Å². The Kier molecular flexibility index (Phi) is 5.53. The van der Waals surface area contributed by atoms with E-state index in [1.807, 2.05) is 20.8 Å². The van der Waals surface area contributed by atoms with Crippen LogP contribution in [0.5, 0.6) is 5.75 Å². The standard InChI is InChI=1S/C17H25N3O4S/c1-7-20(8-2)25(21,22)12-9-10-14(23-6)13(11-12)15-18-16(24-19-15)17(3,4)5/h9-11H,7-8H2,1-6H3. The number of nitrogens with zero attached hydrogens (tertiary/aromatic N) is 3. The lowest BCUT2D eigenvalue weighted by Crippen LogP contribution is -2.30. The molecule has 0 aliphatic carbocycles. The van der Waals surface area contributed by atoms with E-state index in [2.05, 4.69) is 10.1 Å². The SMILES string of the molecule is CCN(CC)S(=O)(=O)c1ccc(OC)c(-c2noc(C(C)(C)C)n2)c1. The highest BCUT2D eigenvalue weighted by Gasteiger charge is 2.26. The fourth-order valence-electron chi connectivity index (χ4n) is 2.37. The summed E-state index contributed by atoms with van der Waals surface area (Å²) < 4.78 is 37.6. The van der Waals surface area contributed by atoms with Crippen LogP contribution in [0.15, 0.2) is 27.6 Å². The van der Waals surface area contributed by atoms with Gasteiger partial charge in [-0.15, -0.1) is 0 Å². The van der Waals surface area contributed by atoms with Crippen molar-refractivity contribution in [2.75, 3.05) is 20.2 Å². The molecule has 1 aromatic heterocycles. The molecule has 0 N–H and O–H groups in total. The molecule has 0 atom stereocenters. The maximum Gasteiger partial charge on any atom is 0.243 e. The minimum Gasteiger partial charge on any atom is -0.496 e. The predicted molar refractivity (Wildman–Crippen MR) is 95.1 cm³/mol. The van der Waals surface area contributed by atoms with E-state index >= 15 is 0 Å². The number of methoxy groups -OCH3 is 1. The van der Waals surface area contributed by atoms with Crippen molar-refractivity contribution in [2.45, 2.75) is 44.9 Å². The van der Waals surface area contributed by atoms with E-state index in [9.17, 15) is 8.42 Å². The van der Waals surface area contributed by atoms with E-state index in [0.717, 1.165) is 0 Å². The summed E-state index contributed by atoms with van der Waals surface area (Å²) in [5.41, 5.74) is 0.179. The van der Waals surface area contributed by atoms with Crippen LogP contribution in [-0.2, 0) is 15.4 Å². The molecule has 7 nitrogen and oxygen atoms in total. The molecule has 0 radical (unpaired) electrons. The highest BCUT2D eigenvalue weighted by Crippen LogP contribution is 2.32. The molecule has 0 unspecified atom stereocenters. The number of rotatable bonds is 6. The first-order valence-electron chi connectivity index (χ1n) is 8.17. The lowest BCUT2D eigenvalue weighted by Gasteiger charge is -2.19. The van der Waals surface area contributed by atoms with Gasteiger partial charge in [0.15, 0.2) is 0 Å². The van der Waals surface area contributed by atoms with Crippen molar-refractivity contribution in [3.05, 3.63) is 24.1 Å². The topological polar surface area (TPSA) is 85.5 Å². The Morgan fingerprint density at radius 1 is 1.20 bits per heavy atom. The van der Waals surface area contributed by atoms with Gasteiger partial charge in [-0.25, -0.2) is 8.42 Å². The van der Waals surface area contributed by atoms with Crippen LogP contribution in [0.4, 0.5) is 0 Å². The first-order valence-corrected chi connectivity index (χ1v) is 9.61. The fraction of sp³-hybridized carbons (Fsp3) is 0.529. The maximum atomic E-state index is 12.8. The second kappa shape index (κ2) is 7.13. The molecule has 0 aliphatic heterocycles. The van der Waals surface area contributed by atoms with Crippen LogP contribution in [0, 0.1) is 0 Å². The van der Waals surface area contributed by atoms with Crippen molar-refractivity contribution < 1.29 is 17.7 Å². The van der Waals surface area contributed by atoms with E-state index in [1.54, 1.807) is 19.9 Å². The second-order valence-electron chi connectivity index (χ2n) is 6.62. The lowest BCUT2D eigenvalue weighted by molar-refractivity contribution is 0.321. The molecule has 1 heterocycles. The second-order valence-corrected chi connectivity index (χ2v) is 8.56. The molecule has 2 aromatic rings. The molecule has 0 fully saturated rings. The zero-order chi connectivity index (χ0) is 18.8. The summed E-state index contributed by atoms with van der Waals surface area (Å²) in [6, 6.07) is 4.67. The van der Waals surface area contributed by atoms with Crippen LogP contribution in [0.3, 0.4) is 0 Å². The summed E-state index contributed by atoms with van der Waals surface area (Å²) in [6.07, 6.45) is 0. The van der Waals surface area contributed by atoms with E-state index < -0.39 is 10.0 Å². The molecular weight excluding hydrogens is 342 g/mol. The molecule has 2 rings (SSSR count). The fourth-order valence-corrected chi connectivity index (χ4v) is 3.86. The van der Waals surface area contributed by atoms with Gasteiger partial charge in [0, 0.05) is 18.5 Å². The zero-order valence-electron chi connectivity index (χ0n) is 15.5. The van der Waals surface area contributed by atoms with Gasteiger partial charge in [0.2, 0.25) is 21.7 Å². The summed E-state index contributed by atoms with van der Waals surface area (Å²) in [7, 11) is -2.07. The Hall–Kier alpha value is -1.93. The summed E-state index contributed by atoms with van der Waals surface area (Å²) in [5.74, 6) is 1.26. The summed E-state index contributed by atoms with van der Waals surface area (Å²) in [4.78, 5) is 4.58. The number of hydrogen-bond donors (Lipinski definition) is 0. The molecule has 0 bridgehead atoms. The van der Waals surface area contributed by atoms with Gasteiger partial charge in [0.25, 0.3) is 0 Å². The summed E-state index contributed by atoms with van der Waals surface area (Å²) >= 11 is 0. The van der Waals surface area contributed by atoms with Crippen LogP contribution < -0.4 is 4.74 Å². The van der Waals surface area contributed by atoms with Gasteiger partial charge in [0.05, 0.1) is 17.6 Å². The molecule has 0 aliphatic rings. The average molecular weight is 367 g/mol. The van der Waals surface area contributed by atoms with Crippen LogP contribution in [0.2, 0.25) is 0 Å². The number of benzene rings is 1. The number of aromatic nitrogens is 2. The molecule has 0 spiro atoms. The van der Waals surface area contributed by atoms with Gasteiger partial charge in [-0.05, 0) is 18.2 Å². The third-order valence-corrected chi connectivity index (χ3v) is 5.87. The maximum absolute atomic E-state index is 12.8. The van der Waals surface area contributed by atoms with Gasteiger partial charge in [-0.1, -0.05) is 39.8 Å². The first-order chi connectivity index (χ1) is 11.6. The van der Waals surface area contributed by atoms with E-state index in [4.69, 9.17) is 9.26 Å².